The Bertz CT molecular complexity index is 631. The highest BCUT2D eigenvalue weighted by Crippen LogP contribution is 2.24. The molecule has 0 aliphatic carbocycles. The van der Waals surface area contributed by atoms with Crippen molar-refractivity contribution in [2.45, 2.75) is 13.8 Å². The van der Waals surface area contributed by atoms with Gasteiger partial charge in [-0.1, -0.05) is 12.1 Å². The lowest BCUT2D eigenvalue weighted by atomic mass is 10.2. The summed E-state index contributed by atoms with van der Waals surface area (Å²) in [5.41, 5.74) is 1.37. The molecule has 0 aliphatic rings. The third-order valence-electron chi connectivity index (χ3n) is 2.70. The molecule has 0 atom stereocenters. The number of nitrogens with zero attached hydrogens (tertiary/aromatic N) is 3. The van der Waals surface area contributed by atoms with Crippen molar-refractivity contribution >= 4 is 11.5 Å². The summed E-state index contributed by atoms with van der Waals surface area (Å²) in [6.07, 6.45) is 1.42. The van der Waals surface area contributed by atoms with Gasteiger partial charge in [-0.25, -0.2) is 4.68 Å². The normalized spacial score (nSPS) is 10.3. The summed E-state index contributed by atoms with van der Waals surface area (Å²) in [5, 5.41) is 15.0. The number of hydrogen-bond acceptors (Lipinski definition) is 4. The first kappa shape index (κ1) is 12.0. The Hall–Kier alpha value is -2.50. The number of nitro benzene ring substituents is 1. The van der Waals surface area contributed by atoms with E-state index in [9.17, 15) is 14.9 Å². The molecule has 6 heteroatoms. The lowest BCUT2D eigenvalue weighted by Gasteiger charge is -2.05. The van der Waals surface area contributed by atoms with E-state index < -0.39 is 4.92 Å². The van der Waals surface area contributed by atoms with Crippen molar-refractivity contribution < 1.29 is 9.72 Å². The number of benzene rings is 1. The van der Waals surface area contributed by atoms with Gasteiger partial charge in [-0.3, -0.25) is 14.9 Å². The molecule has 0 spiro atoms. The first-order valence-corrected chi connectivity index (χ1v) is 5.31. The van der Waals surface area contributed by atoms with Crippen molar-refractivity contribution in [1.29, 1.82) is 0 Å². The van der Waals surface area contributed by atoms with Gasteiger partial charge in [-0.15, -0.1) is 0 Å². The van der Waals surface area contributed by atoms with E-state index in [0.717, 1.165) is 0 Å². The van der Waals surface area contributed by atoms with Crippen LogP contribution in [0.5, 0.6) is 0 Å². The number of carbonyl (C=O) groups is 1. The van der Waals surface area contributed by atoms with Crippen LogP contribution in [0.1, 0.15) is 23.0 Å². The van der Waals surface area contributed by atoms with Crippen LogP contribution >= 0.6 is 0 Å². The van der Waals surface area contributed by atoms with Gasteiger partial charge in [0.05, 0.1) is 22.4 Å². The van der Waals surface area contributed by atoms with Crippen LogP contribution in [0.15, 0.2) is 30.5 Å². The second kappa shape index (κ2) is 4.40. The SMILES string of the molecule is CC(=O)c1cnn(-c2ccccc2[N+](=O)[O-])c1C. The van der Waals surface area contributed by atoms with Crippen LogP contribution in [0.25, 0.3) is 5.69 Å². The second-order valence-corrected chi connectivity index (χ2v) is 3.86. The predicted molar refractivity (Wildman–Crippen MR) is 65.0 cm³/mol. The van der Waals surface area contributed by atoms with Crippen molar-refractivity contribution in [1.82, 2.24) is 9.78 Å². The van der Waals surface area contributed by atoms with Crippen LogP contribution in [0.2, 0.25) is 0 Å². The summed E-state index contributed by atoms with van der Waals surface area (Å²) in [6.45, 7) is 3.15. The Balaban J connectivity index is 2.63. The van der Waals surface area contributed by atoms with Crippen molar-refractivity contribution in [3.05, 3.63) is 51.8 Å². The standard InChI is InChI=1S/C12H11N3O3/c1-8-10(9(2)16)7-13-14(8)11-5-3-4-6-12(11)15(17)18/h3-7H,1-2H3. The molecule has 0 fully saturated rings. The Morgan fingerprint density at radius 2 is 2.06 bits per heavy atom. The zero-order valence-corrected chi connectivity index (χ0v) is 9.95. The molecule has 1 aromatic carbocycles. The average Bonchev–Trinajstić information content (AvgIpc) is 2.71. The van der Waals surface area contributed by atoms with Crippen LogP contribution in [0.4, 0.5) is 5.69 Å². The molecule has 0 bridgehead atoms. The highest BCUT2D eigenvalue weighted by Gasteiger charge is 2.18. The quantitative estimate of drug-likeness (QED) is 0.472. The maximum atomic E-state index is 11.3. The number of ketones is 1. The summed E-state index contributed by atoms with van der Waals surface area (Å²) in [6, 6.07) is 6.29. The molecule has 2 aromatic rings. The molecule has 0 radical (unpaired) electrons. The molecule has 0 aliphatic heterocycles. The fourth-order valence-corrected chi connectivity index (χ4v) is 1.80. The van der Waals surface area contributed by atoms with Crippen molar-refractivity contribution in [2.75, 3.05) is 0 Å². The molecule has 0 saturated carbocycles. The molecule has 1 aromatic heterocycles. The van der Waals surface area contributed by atoms with Gasteiger partial charge in [0.25, 0.3) is 5.69 Å². The predicted octanol–water partition coefficient (Wildman–Crippen LogP) is 2.29. The van der Waals surface area contributed by atoms with Gasteiger partial charge in [0.15, 0.2) is 5.78 Å². The van der Waals surface area contributed by atoms with Gasteiger partial charge in [0.2, 0.25) is 0 Å². The Kier molecular flexibility index (Phi) is 2.93. The van der Waals surface area contributed by atoms with Crippen molar-refractivity contribution in [3.63, 3.8) is 0 Å². The van der Waals surface area contributed by atoms with E-state index in [0.29, 0.717) is 16.9 Å². The highest BCUT2D eigenvalue weighted by molar-refractivity contribution is 5.95. The van der Waals surface area contributed by atoms with Gasteiger partial charge in [-0.05, 0) is 19.9 Å². The van der Waals surface area contributed by atoms with Gasteiger partial charge < -0.3 is 0 Å². The number of aromatic nitrogens is 2. The maximum Gasteiger partial charge on any atom is 0.294 e. The van der Waals surface area contributed by atoms with Crippen LogP contribution in [0.3, 0.4) is 0 Å². The number of rotatable bonds is 3. The van der Waals surface area contributed by atoms with E-state index in [1.165, 1.54) is 23.9 Å². The third kappa shape index (κ3) is 1.88. The molecule has 0 unspecified atom stereocenters. The topological polar surface area (TPSA) is 78.0 Å². The summed E-state index contributed by atoms with van der Waals surface area (Å²) in [4.78, 5) is 21.8. The van der Waals surface area contributed by atoms with Gasteiger partial charge in [0.1, 0.15) is 5.69 Å². The maximum absolute atomic E-state index is 11.3. The average molecular weight is 245 g/mol. The summed E-state index contributed by atoms with van der Waals surface area (Å²) in [5.74, 6) is -0.114. The van der Waals surface area contributed by atoms with Crippen LogP contribution < -0.4 is 0 Å². The van der Waals surface area contributed by atoms with Crippen LogP contribution in [-0.2, 0) is 0 Å². The lowest BCUT2D eigenvalue weighted by Crippen LogP contribution is -2.04. The van der Waals surface area contributed by atoms with E-state index >= 15 is 0 Å². The minimum absolute atomic E-state index is 0.0428. The molecular formula is C12H11N3O3. The van der Waals surface area contributed by atoms with E-state index in [1.807, 2.05) is 0 Å². The van der Waals surface area contributed by atoms with E-state index in [1.54, 1.807) is 25.1 Å². The van der Waals surface area contributed by atoms with Crippen molar-refractivity contribution in [2.24, 2.45) is 0 Å². The molecular weight excluding hydrogens is 234 g/mol. The molecule has 0 amide bonds. The monoisotopic (exact) mass is 245 g/mol. The number of Topliss-reactive ketones (excluding diaryl/α,β-unsaturated/α-hetero) is 1. The zero-order valence-electron chi connectivity index (χ0n) is 9.95. The van der Waals surface area contributed by atoms with E-state index in [-0.39, 0.29) is 11.5 Å². The van der Waals surface area contributed by atoms with E-state index in [2.05, 4.69) is 5.10 Å². The summed E-state index contributed by atoms with van der Waals surface area (Å²) >= 11 is 0. The smallest absolute Gasteiger partial charge is 0.294 e. The third-order valence-corrected chi connectivity index (χ3v) is 2.70. The molecule has 1 heterocycles. The molecule has 6 nitrogen and oxygen atoms in total. The zero-order chi connectivity index (χ0) is 13.3. The number of hydrogen-bond donors (Lipinski definition) is 0. The summed E-state index contributed by atoms with van der Waals surface area (Å²) in [7, 11) is 0. The van der Waals surface area contributed by atoms with Crippen LogP contribution in [0, 0.1) is 17.0 Å². The first-order valence-electron chi connectivity index (χ1n) is 5.31. The van der Waals surface area contributed by atoms with Gasteiger partial charge >= 0.3 is 0 Å². The largest absolute Gasteiger partial charge is 0.294 e. The lowest BCUT2D eigenvalue weighted by molar-refractivity contribution is -0.384. The Labute approximate surface area is 103 Å². The molecule has 92 valence electrons. The van der Waals surface area contributed by atoms with Gasteiger partial charge in [-0.2, -0.15) is 5.10 Å². The molecule has 18 heavy (non-hydrogen) atoms. The first-order chi connectivity index (χ1) is 8.52. The Morgan fingerprint density at radius 3 is 2.61 bits per heavy atom. The number of nitro groups is 1. The van der Waals surface area contributed by atoms with Gasteiger partial charge in [0, 0.05) is 6.07 Å². The number of carbonyl (C=O) groups excluding carboxylic acids is 1. The number of para-hydroxylation sites is 2. The van der Waals surface area contributed by atoms with Crippen molar-refractivity contribution in [3.8, 4) is 5.69 Å². The minimum Gasteiger partial charge on any atom is -0.294 e. The van der Waals surface area contributed by atoms with E-state index in [4.69, 9.17) is 0 Å². The minimum atomic E-state index is -0.468. The van der Waals surface area contributed by atoms with Crippen LogP contribution in [-0.4, -0.2) is 20.5 Å². The molecule has 2 rings (SSSR count). The Morgan fingerprint density at radius 1 is 1.39 bits per heavy atom. The second-order valence-electron chi connectivity index (χ2n) is 3.86. The highest BCUT2D eigenvalue weighted by atomic mass is 16.6. The fraction of sp³-hybridized carbons (Fsp3) is 0.167. The molecule has 0 saturated heterocycles. The molecule has 0 N–H and O–H groups in total. The fourth-order valence-electron chi connectivity index (χ4n) is 1.80. The summed E-state index contributed by atoms with van der Waals surface area (Å²) < 4.78 is 1.41.